The van der Waals surface area contributed by atoms with Crippen LogP contribution in [0.3, 0.4) is 0 Å². The Balaban J connectivity index is 2.41. The second-order valence-electron chi connectivity index (χ2n) is 8.78. The lowest BCUT2D eigenvalue weighted by molar-refractivity contribution is 0.100. The van der Waals surface area contributed by atoms with Gasteiger partial charge in [0.15, 0.2) is 0 Å². The molecule has 2 heteroatoms. The molecule has 2 aromatic rings. The molecule has 0 unspecified atom stereocenters. The molecular formula is C23H29NO. The van der Waals surface area contributed by atoms with Gasteiger partial charge >= 0.3 is 0 Å². The summed E-state index contributed by atoms with van der Waals surface area (Å²) in [5.74, 6) is -0.196. The SMILES string of the molecule is Cc1cccc(C=NC(=O)c2cc(C(C)(C)C)cc(C(C)(C)C)c2)c1. The number of aryl methyl sites for hydroxylation is 1. The van der Waals surface area contributed by atoms with Gasteiger partial charge < -0.3 is 0 Å². The van der Waals surface area contributed by atoms with Crippen LogP contribution in [-0.2, 0) is 10.8 Å². The first-order valence-electron chi connectivity index (χ1n) is 8.78. The number of hydrogen-bond acceptors (Lipinski definition) is 1. The number of carbonyl (C=O) groups excluding carboxylic acids is 1. The van der Waals surface area contributed by atoms with Gasteiger partial charge in [-0.15, -0.1) is 0 Å². The van der Waals surface area contributed by atoms with Crippen molar-refractivity contribution in [2.24, 2.45) is 4.99 Å². The van der Waals surface area contributed by atoms with Crippen LogP contribution in [-0.4, -0.2) is 12.1 Å². The maximum atomic E-state index is 12.7. The van der Waals surface area contributed by atoms with Crippen LogP contribution in [0.5, 0.6) is 0 Å². The van der Waals surface area contributed by atoms with E-state index in [1.165, 1.54) is 0 Å². The molecule has 0 radical (unpaired) electrons. The van der Waals surface area contributed by atoms with Crippen LogP contribution in [0.1, 0.15) is 74.2 Å². The van der Waals surface area contributed by atoms with Gasteiger partial charge in [0, 0.05) is 11.8 Å². The fraction of sp³-hybridized carbons (Fsp3) is 0.391. The number of nitrogens with zero attached hydrogens (tertiary/aromatic N) is 1. The standard InChI is InChI=1S/C23H29NO/c1-16-9-8-10-17(11-16)15-24-21(25)18-12-19(22(2,3)4)14-20(13-18)23(5,6)7/h8-15H,1-7H3. The second-order valence-corrected chi connectivity index (χ2v) is 8.78. The van der Waals surface area contributed by atoms with E-state index in [-0.39, 0.29) is 16.7 Å². The Morgan fingerprint density at radius 3 is 1.92 bits per heavy atom. The van der Waals surface area contributed by atoms with Crippen LogP contribution in [0.2, 0.25) is 0 Å². The molecule has 0 bridgehead atoms. The summed E-state index contributed by atoms with van der Waals surface area (Å²) in [7, 11) is 0. The molecule has 0 aliphatic rings. The first-order valence-corrected chi connectivity index (χ1v) is 8.78. The highest BCUT2D eigenvalue weighted by atomic mass is 16.1. The molecule has 0 aliphatic carbocycles. The quantitative estimate of drug-likeness (QED) is 0.633. The first-order chi connectivity index (χ1) is 11.5. The third-order valence-electron chi connectivity index (χ3n) is 4.29. The Kier molecular flexibility index (Phi) is 5.31. The number of aliphatic imine (C=N–C) groups is 1. The van der Waals surface area contributed by atoms with Crippen molar-refractivity contribution in [1.29, 1.82) is 0 Å². The minimum Gasteiger partial charge on any atom is -0.267 e. The van der Waals surface area contributed by atoms with Crippen LogP contribution in [0.4, 0.5) is 0 Å². The highest BCUT2D eigenvalue weighted by Crippen LogP contribution is 2.30. The maximum absolute atomic E-state index is 12.7. The van der Waals surface area contributed by atoms with E-state index in [9.17, 15) is 4.79 Å². The van der Waals surface area contributed by atoms with E-state index in [0.29, 0.717) is 5.56 Å². The highest BCUT2D eigenvalue weighted by molar-refractivity contribution is 6.02. The molecule has 0 atom stereocenters. The molecule has 25 heavy (non-hydrogen) atoms. The van der Waals surface area contributed by atoms with Crippen LogP contribution < -0.4 is 0 Å². The molecular weight excluding hydrogens is 306 g/mol. The second kappa shape index (κ2) is 6.95. The van der Waals surface area contributed by atoms with E-state index in [0.717, 1.165) is 22.3 Å². The van der Waals surface area contributed by atoms with Crippen molar-refractivity contribution in [3.05, 3.63) is 70.3 Å². The zero-order valence-corrected chi connectivity index (χ0v) is 16.5. The summed E-state index contributed by atoms with van der Waals surface area (Å²) in [5, 5.41) is 0. The molecule has 2 rings (SSSR count). The van der Waals surface area contributed by atoms with Crippen molar-refractivity contribution >= 4 is 12.1 Å². The van der Waals surface area contributed by atoms with Crippen molar-refractivity contribution in [3.8, 4) is 0 Å². The third kappa shape index (κ3) is 5.12. The van der Waals surface area contributed by atoms with Gasteiger partial charge in [-0.25, -0.2) is 4.99 Å². The van der Waals surface area contributed by atoms with Crippen molar-refractivity contribution < 1.29 is 4.79 Å². The summed E-state index contributed by atoms with van der Waals surface area (Å²) in [6.45, 7) is 15.0. The van der Waals surface area contributed by atoms with E-state index in [4.69, 9.17) is 0 Å². The van der Waals surface area contributed by atoms with E-state index < -0.39 is 0 Å². The predicted octanol–water partition coefficient (Wildman–Crippen LogP) is 5.85. The largest absolute Gasteiger partial charge is 0.276 e. The van der Waals surface area contributed by atoms with Crippen molar-refractivity contribution in [3.63, 3.8) is 0 Å². The summed E-state index contributed by atoms with van der Waals surface area (Å²) in [4.78, 5) is 16.9. The predicted molar refractivity (Wildman–Crippen MR) is 107 cm³/mol. The average Bonchev–Trinajstić information content (AvgIpc) is 2.50. The number of rotatable bonds is 2. The Labute approximate surface area is 152 Å². The Bertz CT molecular complexity index is 769. The summed E-state index contributed by atoms with van der Waals surface area (Å²) in [5.41, 5.74) is 5.04. The molecule has 0 fully saturated rings. The molecule has 0 spiro atoms. The smallest absolute Gasteiger partial charge is 0.267 e. The molecule has 0 N–H and O–H groups in total. The van der Waals surface area contributed by atoms with Crippen molar-refractivity contribution in [2.45, 2.75) is 59.3 Å². The summed E-state index contributed by atoms with van der Waals surface area (Å²) < 4.78 is 0. The van der Waals surface area contributed by atoms with Crippen LogP contribution in [0.25, 0.3) is 0 Å². The van der Waals surface area contributed by atoms with Gasteiger partial charge in [0.2, 0.25) is 0 Å². The Morgan fingerprint density at radius 1 is 0.880 bits per heavy atom. The van der Waals surface area contributed by atoms with Gasteiger partial charge in [-0.2, -0.15) is 0 Å². The van der Waals surface area contributed by atoms with Crippen molar-refractivity contribution in [1.82, 2.24) is 0 Å². The molecule has 0 saturated carbocycles. The number of hydrogen-bond donors (Lipinski definition) is 0. The van der Waals surface area contributed by atoms with Gasteiger partial charge in [-0.3, -0.25) is 4.79 Å². The Hall–Kier alpha value is -2.22. The number of carbonyl (C=O) groups is 1. The Morgan fingerprint density at radius 2 is 1.44 bits per heavy atom. The fourth-order valence-electron chi connectivity index (χ4n) is 2.58. The number of benzene rings is 2. The van der Waals surface area contributed by atoms with Gasteiger partial charge in [-0.05, 0) is 46.6 Å². The average molecular weight is 335 g/mol. The minimum atomic E-state index is -0.196. The maximum Gasteiger partial charge on any atom is 0.276 e. The topological polar surface area (TPSA) is 29.4 Å². The van der Waals surface area contributed by atoms with E-state index in [2.05, 4.69) is 52.6 Å². The van der Waals surface area contributed by atoms with E-state index in [1.54, 1.807) is 6.21 Å². The lowest BCUT2D eigenvalue weighted by atomic mass is 9.79. The molecule has 0 saturated heterocycles. The van der Waals surface area contributed by atoms with Gasteiger partial charge in [0.25, 0.3) is 5.91 Å². The van der Waals surface area contributed by atoms with Crippen LogP contribution >= 0.6 is 0 Å². The summed E-state index contributed by atoms with van der Waals surface area (Å²) in [6.07, 6.45) is 1.65. The normalized spacial score (nSPS) is 12.6. The molecule has 1 amide bonds. The minimum absolute atomic E-state index is 0.0173. The molecule has 0 aromatic heterocycles. The van der Waals surface area contributed by atoms with Gasteiger partial charge in [0.1, 0.15) is 0 Å². The molecule has 2 aromatic carbocycles. The molecule has 132 valence electrons. The lowest BCUT2D eigenvalue weighted by Crippen LogP contribution is -2.17. The summed E-state index contributed by atoms with van der Waals surface area (Å²) in [6, 6.07) is 14.1. The van der Waals surface area contributed by atoms with E-state index >= 15 is 0 Å². The lowest BCUT2D eigenvalue weighted by Gasteiger charge is -2.25. The highest BCUT2D eigenvalue weighted by Gasteiger charge is 2.22. The van der Waals surface area contributed by atoms with Crippen LogP contribution in [0, 0.1) is 6.92 Å². The molecule has 2 nitrogen and oxygen atoms in total. The molecule has 0 heterocycles. The van der Waals surface area contributed by atoms with Gasteiger partial charge in [0.05, 0.1) is 0 Å². The third-order valence-corrected chi connectivity index (χ3v) is 4.29. The monoisotopic (exact) mass is 335 g/mol. The fourth-order valence-corrected chi connectivity index (χ4v) is 2.58. The van der Waals surface area contributed by atoms with Gasteiger partial charge in [-0.1, -0.05) is 77.4 Å². The van der Waals surface area contributed by atoms with E-state index in [1.807, 2.05) is 43.3 Å². The first kappa shape index (κ1) is 19.1. The zero-order chi connectivity index (χ0) is 18.8. The van der Waals surface area contributed by atoms with Crippen LogP contribution in [0.15, 0.2) is 47.5 Å². The summed E-state index contributed by atoms with van der Waals surface area (Å²) >= 11 is 0. The van der Waals surface area contributed by atoms with Crippen molar-refractivity contribution in [2.75, 3.05) is 0 Å². The molecule has 0 aliphatic heterocycles. The zero-order valence-electron chi connectivity index (χ0n) is 16.5. The number of amides is 1.